The quantitative estimate of drug-likeness (QED) is 0.0170. The van der Waals surface area contributed by atoms with Crippen LogP contribution in [0.3, 0.4) is 0 Å². The molecule has 12 amide bonds. The Balaban J connectivity index is 0.000000169. The number of unbranched alkanes of at least 4 members (excludes halogenated alkanes) is 1. The number of carbonyl (C=O) groups is 13. The van der Waals surface area contributed by atoms with Gasteiger partial charge in [-0.05, 0) is 195 Å². The van der Waals surface area contributed by atoms with E-state index in [-0.39, 0.29) is 84.2 Å². The normalized spacial score (nSPS) is 19.4. The van der Waals surface area contributed by atoms with Gasteiger partial charge in [-0.15, -0.1) is 0 Å². The molecule has 0 aliphatic carbocycles. The van der Waals surface area contributed by atoms with Gasteiger partial charge >= 0.3 is 12.1 Å². The van der Waals surface area contributed by atoms with Crippen LogP contribution >= 0.6 is 23.2 Å². The summed E-state index contributed by atoms with van der Waals surface area (Å²) in [6.45, 7) is 14.3. The lowest BCUT2D eigenvalue weighted by Crippen LogP contribution is -2.64. The van der Waals surface area contributed by atoms with E-state index in [9.17, 15) is 62.3 Å². The van der Waals surface area contributed by atoms with Crippen LogP contribution in [0, 0.1) is 0 Å². The van der Waals surface area contributed by atoms with E-state index in [4.69, 9.17) is 38.8 Å². The fourth-order valence-corrected chi connectivity index (χ4v) is 18.2. The highest BCUT2D eigenvalue weighted by Gasteiger charge is 2.49. The van der Waals surface area contributed by atoms with Gasteiger partial charge < -0.3 is 66.4 Å². The molecule has 37 heteroatoms. The van der Waals surface area contributed by atoms with Gasteiger partial charge in [0.25, 0.3) is 23.6 Å². The minimum atomic E-state index is -1.14. The van der Waals surface area contributed by atoms with Gasteiger partial charge in [0, 0.05) is 126 Å². The number of fused-ring (bicyclic) bond motifs is 4. The summed E-state index contributed by atoms with van der Waals surface area (Å²) in [5, 5.41) is 29.0. The van der Waals surface area contributed by atoms with Gasteiger partial charge in [0.05, 0.1) is 50.6 Å². The maximum atomic E-state index is 14.3. The van der Waals surface area contributed by atoms with Gasteiger partial charge in [-0.25, -0.2) is 24.7 Å². The van der Waals surface area contributed by atoms with E-state index in [1.54, 1.807) is 42.7 Å². The molecule has 35 nitrogen and oxygen atoms in total. The fraction of sp³-hybridized carbons (Fsp3) is 0.462. The first-order valence-electron chi connectivity index (χ1n) is 43.9. The summed E-state index contributed by atoms with van der Waals surface area (Å²) in [5.74, 6) is -3.96. The Labute approximate surface area is 749 Å². The van der Waals surface area contributed by atoms with Crippen LogP contribution in [0.15, 0.2) is 122 Å². The second kappa shape index (κ2) is 40.8. The second-order valence-electron chi connectivity index (χ2n) is 34.7. The highest BCUT2D eigenvalue weighted by atomic mass is 35.5. The summed E-state index contributed by atoms with van der Waals surface area (Å²) in [7, 11) is 0. The monoisotopic (exact) mass is 1790 g/mol. The van der Waals surface area contributed by atoms with E-state index < -0.39 is 88.1 Å². The highest BCUT2D eigenvalue weighted by Crippen LogP contribution is 2.38. The number of benzene rings is 4. The summed E-state index contributed by atoms with van der Waals surface area (Å²) in [6.07, 6.45) is 15.7. The standard InChI is InChI=1S/C42H48ClN11O6.C31H42ClN7O3.C18H18N2O6/c43-27-8-6-26(7-9-27)30(49-41(60)42(44)14-19-53(20-15-42)37-29-12-17-46-36(29)47-25-48-37)13-18-51-21-23-52(24-22-51)34(56)5-2-16-45-31-4-1-3-28-35(31)40(59)54(39(28)58)32-10-11-33(55)50-38(32)57;1-30(2,3)42-29(41)37-31(13-19-39(20-14-31)27-24-11-15-33-26(24)34-21-35-27)28(40)36-25(22-7-9-23(32)10-8-22)12-18-38-16-5-4-6-17-38;21-13-9-8-12(16(24)19-13)20-17(25)11-6-3-5-10(15(11)18(20)26)4-1-2-7-14(22)23/h1,3-4,6-9,12,17,25,30,32,45H,2,5,10-11,13-16,18-24,44H2,(H,49,60)(H,46,47,48)(H,50,55,57);7-11,15,21,25H,4-6,12-14,16-20H2,1-3H3,(H,36,40)(H,37,41)(H,33,34,35);3,5-6,12H,1-2,4,7-9H2,(H,22,23)(H,19,21,24)/t30-,32?;25-;/m00./s1. The topological polar surface area (TPSA) is 455 Å². The molecular weight excluding hydrogens is 1680 g/mol. The minimum Gasteiger partial charge on any atom is -0.481 e. The maximum absolute atomic E-state index is 14.3. The third-order valence-electron chi connectivity index (χ3n) is 25.0. The largest absolute Gasteiger partial charge is 0.481 e. The Morgan fingerprint density at radius 3 is 1.59 bits per heavy atom. The predicted octanol–water partition coefficient (Wildman–Crippen LogP) is 8.69. The van der Waals surface area contributed by atoms with Crippen molar-refractivity contribution in [3.63, 3.8) is 0 Å². The molecule has 0 bridgehead atoms. The van der Waals surface area contributed by atoms with Crippen molar-refractivity contribution in [1.29, 1.82) is 0 Å². The number of piperidine rings is 5. The first kappa shape index (κ1) is 91.9. The molecular formula is C91H108Cl2N20O15. The summed E-state index contributed by atoms with van der Waals surface area (Å²) in [5.41, 5.74) is 9.44. The molecule has 0 radical (unpaired) electrons. The van der Waals surface area contributed by atoms with Gasteiger partial charge in [0.15, 0.2) is 0 Å². The number of carbonyl (C=O) groups excluding carboxylic acids is 12. The SMILES string of the molecule is CC(C)(C)OC(=O)NC1(C(=O)N[C@@H](CCN2CCCCC2)c2ccc(Cl)cc2)CCN(c2ncnc3[nH]ccc23)CC1.NC1(C(=O)N[C@@H](CCN2CCN(C(=O)CCCNc3cccc4c3C(=O)N(C3CCC(=O)NC3=O)C4=O)CC2)c2ccc(Cl)cc2)CCN(c2ncnc3[nH]ccc23)CC1.O=C(O)CCCCc1cccc2c1C(=O)N(C1CCC(=O)NC1=O)C2=O. The number of amides is 12. The lowest BCUT2D eigenvalue weighted by atomic mass is 9.85. The molecule has 11 N–H and O–H groups in total. The molecule has 16 rings (SSSR count). The number of aliphatic carboxylic acids is 1. The molecule has 8 aromatic rings. The van der Waals surface area contributed by atoms with E-state index in [1.807, 2.05) is 98.7 Å². The van der Waals surface area contributed by atoms with Gasteiger partial charge in [-0.2, -0.15) is 0 Å². The van der Waals surface area contributed by atoms with E-state index in [2.05, 4.69) is 81.4 Å². The van der Waals surface area contributed by atoms with Crippen LogP contribution < -0.4 is 47.4 Å². The van der Waals surface area contributed by atoms with Gasteiger partial charge in [0.2, 0.25) is 41.4 Å². The van der Waals surface area contributed by atoms with Crippen molar-refractivity contribution in [2.75, 3.05) is 100 Å². The van der Waals surface area contributed by atoms with Crippen LogP contribution in [0.4, 0.5) is 22.1 Å². The molecule has 676 valence electrons. The van der Waals surface area contributed by atoms with Crippen molar-refractivity contribution in [2.24, 2.45) is 5.73 Å². The third kappa shape index (κ3) is 21.7. The average molecular weight is 1790 g/mol. The third-order valence-corrected chi connectivity index (χ3v) is 25.5. The number of aromatic amines is 2. The van der Waals surface area contributed by atoms with Crippen LogP contribution in [-0.2, 0) is 49.5 Å². The Bertz CT molecular complexity index is 5480. The van der Waals surface area contributed by atoms with Crippen molar-refractivity contribution in [1.82, 2.24) is 81.0 Å². The number of anilines is 3. The molecule has 6 saturated heterocycles. The molecule has 6 fully saturated rings. The predicted molar refractivity (Wildman–Crippen MR) is 476 cm³/mol. The van der Waals surface area contributed by atoms with Crippen LogP contribution in [0.1, 0.15) is 207 Å². The molecule has 0 spiro atoms. The number of halogens is 2. The molecule has 8 aliphatic heterocycles. The van der Waals surface area contributed by atoms with E-state index in [1.165, 1.54) is 25.6 Å². The molecule has 4 aromatic heterocycles. The summed E-state index contributed by atoms with van der Waals surface area (Å²) >= 11 is 12.4. The Hall–Kier alpha value is -12.3. The number of H-pyrrole nitrogens is 2. The Morgan fingerprint density at radius 1 is 0.562 bits per heavy atom. The number of nitrogens with zero attached hydrogens (tertiary/aromatic N) is 11. The number of aromatic nitrogens is 6. The molecule has 0 saturated carbocycles. The number of alkyl carbamates (subject to hydrolysis) is 1. The van der Waals surface area contributed by atoms with Gasteiger partial charge in [-0.3, -0.25) is 82.9 Å². The van der Waals surface area contributed by atoms with Gasteiger partial charge in [0.1, 0.15) is 58.8 Å². The summed E-state index contributed by atoms with van der Waals surface area (Å²) in [6, 6.07) is 26.4. The number of rotatable bonds is 27. The van der Waals surface area contributed by atoms with Crippen LogP contribution in [0.5, 0.6) is 0 Å². The summed E-state index contributed by atoms with van der Waals surface area (Å²) < 4.78 is 5.61. The number of nitrogens with one attached hydrogen (secondary N) is 8. The molecule has 12 heterocycles. The number of hydrogen-bond acceptors (Lipinski definition) is 24. The van der Waals surface area contributed by atoms with Crippen LogP contribution in [0.2, 0.25) is 10.0 Å². The number of likely N-dealkylation sites (tertiary alicyclic amines) is 1. The zero-order valence-electron chi connectivity index (χ0n) is 71.9. The minimum absolute atomic E-state index is 0.0350. The lowest BCUT2D eigenvalue weighted by molar-refractivity contribution is -0.138. The first-order chi connectivity index (χ1) is 61.5. The van der Waals surface area contributed by atoms with Crippen LogP contribution in [0.25, 0.3) is 22.1 Å². The van der Waals surface area contributed by atoms with E-state index in [0.717, 1.165) is 80.7 Å². The highest BCUT2D eigenvalue weighted by molar-refractivity contribution is 6.31. The molecule has 4 aromatic carbocycles. The lowest BCUT2D eigenvalue weighted by Gasteiger charge is -2.42. The number of nitrogens with two attached hydrogens (primary N) is 1. The molecule has 2 unspecified atom stereocenters. The fourth-order valence-electron chi connectivity index (χ4n) is 17.9. The van der Waals surface area contributed by atoms with Crippen molar-refractivity contribution >= 4 is 140 Å². The average Bonchev–Trinajstić information content (AvgIpc) is 1.62. The second-order valence-corrected chi connectivity index (χ2v) is 35.5. The van der Waals surface area contributed by atoms with Crippen molar-refractivity contribution in [3.05, 3.63) is 171 Å². The Kier molecular flexibility index (Phi) is 29.3. The number of hydrogen-bond donors (Lipinski definition) is 10. The molecule has 8 aliphatic rings. The number of aryl methyl sites for hydroxylation is 1. The van der Waals surface area contributed by atoms with Crippen molar-refractivity contribution in [3.8, 4) is 0 Å². The van der Waals surface area contributed by atoms with Gasteiger partial charge in [-0.1, -0.05) is 72.1 Å². The van der Waals surface area contributed by atoms with E-state index >= 15 is 0 Å². The number of carboxylic acid groups (broad SMARTS) is 1. The summed E-state index contributed by atoms with van der Waals surface area (Å²) in [4.78, 5) is 201. The van der Waals surface area contributed by atoms with E-state index in [0.29, 0.717) is 151 Å². The number of carboxylic acids is 1. The smallest absolute Gasteiger partial charge is 0.408 e. The Morgan fingerprint density at radius 2 is 1.06 bits per heavy atom. The van der Waals surface area contributed by atoms with Crippen molar-refractivity contribution < 1.29 is 72.2 Å². The van der Waals surface area contributed by atoms with Crippen molar-refractivity contribution in [2.45, 2.75) is 184 Å². The number of ether oxygens (including phenoxy) is 1. The van der Waals surface area contributed by atoms with Crippen LogP contribution in [-0.4, -0.2) is 250 Å². The number of imide groups is 4. The zero-order chi connectivity index (χ0) is 90.6. The first-order valence-corrected chi connectivity index (χ1v) is 44.6. The molecule has 4 atom stereocenters. The molecule has 128 heavy (non-hydrogen) atoms. The maximum Gasteiger partial charge on any atom is 0.408 e. The zero-order valence-corrected chi connectivity index (χ0v) is 73.4. The number of piperazine rings is 1.